The van der Waals surface area contributed by atoms with E-state index in [4.69, 9.17) is 16.3 Å². The Morgan fingerprint density at radius 3 is 2.70 bits per heavy atom. The molecule has 0 atom stereocenters. The Hall–Kier alpha value is -2.04. The van der Waals surface area contributed by atoms with Crippen LogP contribution < -0.4 is 5.32 Å². The van der Waals surface area contributed by atoms with Gasteiger partial charge in [0.05, 0.1) is 23.1 Å². The van der Waals surface area contributed by atoms with Crippen molar-refractivity contribution in [1.82, 2.24) is 9.62 Å². The Labute approximate surface area is 182 Å². The molecule has 1 aromatic heterocycles. The first-order valence-electron chi connectivity index (χ1n) is 9.19. The maximum atomic E-state index is 13.5. The Morgan fingerprint density at radius 2 is 1.93 bits per heavy atom. The minimum Gasteiger partial charge on any atom is -0.379 e. The third-order valence-corrected chi connectivity index (χ3v) is 8.45. The average Bonchev–Trinajstić information content (AvgIpc) is 3.08. The van der Waals surface area contributed by atoms with Crippen LogP contribution in [-0.4, -0.2) is 44.9 Å². The second kappa shape index (κ2) is 8.60. The first-order valence-corrected chi connectivity index (χ1v) is 11.8. The number of rotatable bonds is 5. The zero-order chi connectivity index (χ0) is 21.3. The number of thiophene rings is 1. The maximum absolute atomic E-state index is 13.5. The lowest BCUT2D eigenvalue weighted by Crippen LogP contribution is -2.41. The number of carbonyl (C=O) groups excluding carboxylic acids is 1. The summed E-state index contributed by atoms with van der Waals surface area (Å²) in [6.07, 6.45) is 0. The lowest BCUT2D eigenvalue weighted by molar-refractivity contribution is 0.0730. The van der Waals surface area contributed by atoms with Crippen LogP contribution in [0.4, 0.5) is 4.39 Å². The summed E-state index contributed by atoms with van der Waals surface area (Å²) in [4.78, 5) is 13.1. The third-order valence-electron chi connectivity index (χ3n) is 4.80. The molecule has 1 fully saturated rings. The molecule has 6 nitrogen and oxygen atoms in total. The Balaban J connectivity index is 1.56. The van der Waals surface area contributed by atoms with Crippen LogP contribution in [0.2, 0.25) is 5.02 Å². The summed E-state index contributed by atoms with van der Waals surface area (Å²) < 4.78 is 46.7. The predicted octanol–water partition coefficient (Wildman–Crippen LogP) is 3.64. The zero-order valence-corrected chi connectivity index (χ0v) is 18.1. The summed E-state index contributed by atoms with van der Waals surface area (Å²) in [6.45, 7) is 1.29. The highest BCUT2D eigenvalue weighted by atomic mass is 35.5. The van der Waals surface area contributed by atoms with Crippen LogP contribution in [-0.2, 0) is 21.3 Å². The highest BCUT2D eigenvalue weighted by molar-refractivity contribution is 7.89. The fraction of sp³-hybridized carbons (Fsp3) is 0.250. The van der Waals surface area contributed by atoms with Gasteiger partial charge in [0.25, 0.3) is 5.91 Å². The molecular formula is C20H18ClFN2O4S2. The van der Waals surface area contributed by atoms with E-state index in [-0.39, 0.29) is 34.4 Å². The molecule has 1 aliphatic heterocycles. The van der Waals surface area contributed by atoms with Crippen LogP contribution in [0.3, 0.4) is 0 Å². The second-order valence-electron chi connectivity index (χ2n) is 6.69. The molecule has 1 N–H and O–H groups in total. The SMILES string of the molecule is O=C(NCc1ccccc1S(=O)(=O)N1CCOCC1)c1sc2cc(F)ccc2c1Cl. The van der Waals surface area contributed by atoms with Crippen molar-refractivity contribution in [1.29, 1.82) is 0 Å². The molecular weight excluding hydrogens is 451 g/mol. The number of nitrogens with zero attached hydrogens (tertiary/aromatic N) is 1. The molecule has 0 saturated carbocycles. The van der Waals surface area contributed by atoms with E-state index in [1.807, 2.05) is 0 Å². The van der Waals surface area contributed by atoms with Gasteiger partial charge in [0, 0.05) is 29.7 Å². The molecule has 0 unspecified atom stereocenters. The fourth-order valence-electron chi connectivity index (χ4n) is 3.27. The number of fused-ring (bicyclic) bond motifs is 1. The lowest BCUT2D eigenvalue weighted by atomic mass is 10.2. The summed E-state index contributed by atoms with van der Waals surface area (Å²) in [7, 11) is -3.70. The van der Waals surface area contributed by atoms with Gasteiger partial charge in [-0.05, 0) is 29.8 Å². The first kappa shape index (κ1) is 21.2. The molecule has 10 heteroatoms. The molecule has 4 rings (SSSR count). The van der Waals surface area contributed by atoms with Crippen molar-refractivity contribution in [3.05, 3.63) is 63.7 Å². The van der Waals surface area contributed by atoms with Crippen molar-refractivity contribution in [2.45, 2.75) is 11.4 Å². The summed E-state index contributed by atoms with van der Waals surface area (Å²) in [5.74, 6) is -0.852. The van der Waals surface area contributed by atoms with Crippen molar-refractivity contribution in [2.75, 3.05) is 26.3 Å². The van der Waals surface area contributed by atoms with Gasteiger partial charge in [0.15, 0.2) is 0 Å². The van der Waals surface area contributed by atoms with E-state index < -0.39 is 21.7 Å². The van der Waals surface area contributed by atoms with Crippen LogP contribution in [0, 0.1) is 5.82 Å². The second-order valence-corrected chi connectivity index (χ2v) is 10.0. The van der Waals surface area contributed by atoms with E-state index in [1.54, 1.807) is 18.2 Å². The van der Waals surface area contributed by atoms with Crippen molar-refractivity contribution in [2.24, 2.45) is 0 Å². The number of sulfonamides is 1. The number of carbonyl (C=O) groups is 1. The Bertz CT molecular complexity index is 1210. The van der Waals surface area contributed by atoms with Crippen molar-refractivity contribution >= 4 is 49.0 Å². The molecule has 3 aromatic rings. The van der Waals surface area contributed by atoms with Crippen LogP contribution >= 0.6 is 22.9 Å². The zero-order valence-electron chi connectivity index (χ0n) is 15.7. The molecule has 2 aromatic carbocycles. The van der Waals surface area contributed by atoms with Crippen molar-refractivity contribution in [3.63, 3.8) is 0 Å². The van der Waals surface area contributed by atoms with Gasteiger partial charge < -0.3 is 10.1 Å². The number of hydrogen-bond donors (Lipinski definition) is 1. The molecule has 1 amide bonds. The minimum absolute atomic E-state index is 0.0114. The van der Waals surface area contributed by atoms with E-state index in [0.29, 0.717) is 28.9 Å². The molecule has 0 radical (unpaired) electrons. The largest absolute Gasteiger partial charge is 0.379 e. The lowest BCUT2D eigenvalue weighted by Gasteiger charge is -2.27. The van der Waals surface area contributed by atoms with Gasteiger partial charge in [0.2, 0.25) is 10.0 Å². The van der Waals surface area contributed by atoms with Crippen LogP contribution in [0.5, 0.6) is 0 Å². The Morgan fingerprint density at radius 1 is 1.20 bits per heavy atom. The fourth-order valence-corrected chi connectivity index (χ4v) is 6.36. The van der Waals surface area contributed by atoms with Crippen LogP contribution in [0.15, 0.2) is 47.4 Å². The standard InChI is InChI=1S/C20H18ClFN2O4S2/c21-18-15-6-5-14(22)11-16(15)29-19(18)20(25)23-12-13-3-1-2-4-17(13)30(26,27)24-7-9-28-10-8-24/h1-6,11H,7-10,12H2,(H,23,25). The van der Waals surface area contributed by atoms with Gasteiger partial charge in [-0.3, -0.25) is 4.79 Å². The van der Waals surface area contributed by atoms with Gasteiger partial charge in [-0.2, -0.15) is 4.31 Å². The summed E-state index contributed by atoms with van der Waals surface area (Å²) in [6, 6.07) is 10.7. The first-order chi connectivity index (χ1) is 14.4. The summed E-state index contributed by atoms with van der Waals surface area (Å²) in [5, 5.41) is 3.58. The predicted molar refractivity (Wildman–Crippen MR) is 114 cm³/mol. The number of hydrogen-bond acceptors (Lipinski definition) is 5. The number of morpholine rings is 1. The molecule has 2 heterocycles. The van der Waals surface area contributed by atoms with Gasteiger partial charge in [-0.25, -0.2) is 12.8 Å². The topological polar surface area (TPSA) is 75.7 Å². The molecule has 0 bridgehead atoms. The van der Waals surface area contributed by atoms with E-state index in [2.05, 4.69) is 5.32 Å². The normalized spacial score (nSPS) is 15.4. The number of halogens is 2. The number of amides is 1. The molecule has 1 aliphatic rings. The van der Waals surface area contributed by atoms with E-state index in [1.165, 1.54) is 28.6 Å². The minimum atomic E-state index is -3.70. The molecule has 0 spiro atoms. The monoisotopic (exact) mass is 468 g/mol. The maximum Gasteiger partial charge on any atom is 0.263 e. The third kappa shape index (κ3) is 4.08. The van der Waals surface area contributed by atoms with E-state index >= 15 is 0 Å². The average molecular weight is 469 g/mol. The quantitative estimate of drug-likeness (QED) is 0.620. The molecule has 0 aliphatic carbocycles. The highest BCUT2D eigenvalue weighted by Gasteiger charge is 2.28. The number of benzene rings is 2. The highest BCUT2D eigenvalue weighted by Crippen LogP contribution is 2.35. The van der Waals surface area contributed by atoms with Crippen molar-refractivity contribution < 1.29 is 22.3 Å². The van der Waals surface area contributed by atoms with Gasteiger partial charge in [-0.1, -0.05) is 29.8 Å². The summed E-state index contributed by atoms with van der Waals surface area (Å²) in [5.41, 5.74) is 0.473. The van der Waals surface area contributed by atoms with Gasteiger partial charge >= 0.3 is 0 Å². The molecule has 30 heavy (non-hydrogen) atoms. The van der Waals surface area contributed by atoms with Crippen LogP contribution in [0.25, 0.3) is 10.1 Å². The summed E-state index contributed by atoms with van der Waals surface area (Å²) >= 11 is 7.39. The van der Waals surface area contributed by atoms with E-state index in [0.717, 1.165) is 11.3 Å². The number of ether oxygens (including phenoxy) is 1. The van der Waals surface area contributed by atoms with E-state index in [9.17, 15) is 17.6 Å². The molecule has 158 valence electrons. The van der Waals surface area contributed by atoms with Gasteiger partial charge in [-0.15, -0.1) is 11.3 Å². The molecule has 1 saturated heterocycles. The number of nitrogens with one attached hydrogen (secondary N) is 1. The van der Waals surface area contributed by atoms with Gasteiger partial charge in [0.1, 0.15) is 10.7 Å². The Kier molecular flexibility index (Phi) is 6.08. The smallest absolute Gasteiger partial charge is 0.263 e. The van der Waals surface area contributed by atoms with Crippen molar-refractivity contribution in [3.8, 4) is 0 Å². The van der Waals surface area contributed by atoms with Crippen LogP contribution in [0.1, 0.15) is 15.2 Å².